The van der Waals surface area contributed by atoms with Crippen molar-refractivity contribution in [1.29, 1.82) is 0 Å². The smallest absolute Gasteiger partial charge is 0.161 e. The molecule has 132 valence electrons. The summed E-state index contributed by atoms with van der Waals surface area (Å²) in [7, 11) is 0. The van der Waals surface area contributed by atoms with E-state index in [9.17, 15) is 5.11 Å². The van der Waals surface area contributed by atoms with Crippen LogP contribution in [0, 0.1) is 6.92 Å². The quantitative estimate of drug-likeness (QED) is 0.722. The maximum absolute atomic E-state index is 9.63. The van der Waals surface area contributed by atoms with Gasteiger partial charge in [-0.1, -0.05) is 17.7 Å². The number of aliphatic hydroxyl groups excluding tert-OH is 1. The minimum Gasteiger partial charge on any atom is -0.390 e. The average molecular weight is 378 g/mol. The lowest BCUT2D eigenvalue weighted by Gasteiger charge is -2.37. The standard InChI is InChI=1S/C19H20ClN3O.ClH/c1-12-18(11-24)23-8-3-4-17(19(23)21-12)22-9-7-14-10-15(20)5-6-16(14)13(22)2;/h3-6,8,10,13,24H,7,9,11H2,1-2H3;1H. The van der Waals surface area contributed by atoms with Crippen molar-refractivity contribution in [2.45, 2.75) is 32.9 Å². The fourth-order valence-corrected chi connectivity index (χ4v) is 3.95. The van der Waals surface area contributed by atoms with Gasteiger partial charge in [-0.05, 0) is 55.7 Å². The molecule has 1 aliphatic rings. The molecule has 6 heteroatoms. The van der Waals surface area contributed by atoms with Crippen molar-refractivity contribution in [3.63, 3.8) is 0 Å². The fraction of sp³-hybridized carbons (Fsp3) is 0.316. The van der Waals surface area contributed by atoms with Crippen LogP contribution < -0.4 is 4.90 Å². The Bertz CT molecular complexity index is 922. The normalized spacial score (nSPS) is 16.6. The predicted octanol–water partition coefficient (Wildman–Crippen LogP) is 4.33. The van der Waals surface area contributed by atoms with Gasteiger partial charge in [0.1, 0.15) is 0 Å². The Balaban J connectivity index is 0.00000182. The SMILES string of the molecule is Cc1nc2c(N3CCc4cc(Cl)ccc4C3C)cccn2c1CO.Cl. The number of aliphatic hydroxyl groups is 1. The Hall–Kier alpha value is -1.75. The van der Waals surface area contributed by atoms with Crippen LogP contribution in [0.3, 0.4) is 0 Å². The minimum atomic E-state index is -0.00661. The number of aryl methyl sites for hydroxylation is 1. The Kier molecular flexibility index (Phi) is 4.96. The molecule has 0 spiro atoms. The van der Waals surface area contributed by atoms with E-state index in [1.165, 1.54) is 11.1 Å². The van der Waals surface area contributed by atoms with Gasteiger partial charge >= 0.3 is 0 Å². The third-order valence-corrected chi connectivity index (χ3v) is 5.27. The van der Waals surface area contributed by atoms with Gasteiger partial charge in [-0.3, -0.25) is 4.40 Å². The van der Waals surface area contributed by atoms with Crippen LogP contribution in [0.1, 0.15) is 35.5 Å². The first-order valence-corrected chi connectivity index (χ1v) is 8.60. The molecule has 0 bridgehead atoms. The summed E-state index contributed by atoms with van der Waals surface area (Å²) in [4.78, 5) is 7.09. The van der Waals surface area contributed by atoms with Gasteiger partial charge in [0, 0.05) is 17.8 Å². The monoisotopic (exact) mass is 377 g/mol. The van der Waals surface area contributed by atoms with Gasteiger partial charge in [0.15, 0.2) is 5.65 Å². The number of pyridine rings is 1. The maximum atomic E-state index is 9.63. The van der Waals surface area contributed by atoms with Crippen LogP contribution in [0.4, 0.5) is 5.69 Å². The highest BCUT2D eigenvalue weighted by Gasteiger charge is 2.26. The number of anilines is 1. The Morgan fingerprint density at radius 2 is 2.12 bits per heavy atom. The molecule has 4 nitrogen and oxygen atoms in total. The molecule has 1 N–H and O–H groups in total. The zero-order valence-corrected chi connectivity index (χ0v) is 15.8. The molecule has 0 radical (unpaired) electrons. The molecule has 0 fully saturated rings. The molecule has 2 aromatic heterocycles. The molecule has 25 heavy (non-hydrogen) atoms. The Morgan fingerprint density at radius 1 is 1.32 bits per heavy atom. The van der Waals surface area contributed by atoms with E-state index in [0.717, 1.165) is 40.7 Å². The molecule has 1 unspecified atom stereocenters. The number of hydrogen-bond donors (Lipinski definition) is 1. The lowest BCUT2D eigenvalue weighted by Crippen LogP contribution is -2.34. The third kappa shape index (κ3) is 2.88. The van der Waals surface area contributed by atoms with Gasteiger partial charge in [-0.25, -0.2) is 4.98 Å². The number of benzene rings is 1. The van der Waals surface area contributed by atoms with E-state index in [2.05, 4.69) is 30.0 Å². The average Bonchev–Trinajstić information content (AvgIpc) is 2.90. The summed E-state index contributed by atoms with van der Waals surface area (Å²) in [5, 5.41) is 10.4. The largest absolute Gasteiger partial charge is 0.390 e. The maximum Gasteiger partial charge on any atom is 0.161 e. The summed E-state index contributed by atoms with van der Waals surface area (Å²) in [5.74, 6) is 0. The molecule has 1 aliphatic heterocycles. The van der Waals surface area contributed by atoms with Crippen molar-refractivity contribution >= 4 is 35.3 Å². The number of aromatic nitrogens is 2. The van der Waals surface area contributed by atoms with Gasteiger partial charge < -0.3 is 10.0 Å². The van der Waals surface area contributed by atoms with Crippen molar-refractivity contribution in [3.05, 3.63) is 64.1 Å². The van der Waals surface area contributed by atoms with Crippen molar-refractivity contribution in [2.75, 3.05) is 11.4 Å². The van der Waals surface area contributed by atoms with Crippen LogP contribution >= 0.6 is 24.0 Å². The van der Waals surface area contributed by atoms with E-state index < -0.39 is 0 Å². The molecule has 4 rings (SSSR count). The van der Waals surface area contributed by atoms with E-state index in [0.29, 0.717) is 0 Å². The predicted molar refractivity (Wildman–Crippen MR) is 104 cm³/mol. The summed E-state index contributed by atoms with van der Waals surface area (Å²) >= 11 is 6.14. The van der Waals surface area contributed by atoms with E-state index >= 15 is 0 Å². The number of hydrogen-bond acceptors (Lipinski definition) is 3. The van der Waals surface area contributed by atoms with Gasteiger partial charge in [0.2, 0.25) is 0 Å². The van der Waals surface area contributed by atoms with Crippen molar-refractivity contribution < 1.29 is 5.11 Å². The Morgan fingerprint density at radius 3 is 2.88 bits per heavy atom. The number of nitrogens with zero attached hydrogens (tertiary/aromatic N) is 3. The molecule has 3 aromatic rings. The van der Waals surface area contributed by atoms with Gasteiger partial charge in [0.25, 0.3) is 0 Å². The van der Waals surface area contributed by atoms with Gasteiger partial charge in [0.05, 0.1) is 29.7 Å². The molecule has 0 saturated carbocycles. The summed E-state index contributed by atoms with van der Waals surface area (Å²) in [6.45, 7) is 5.08. The fourth-order valence-electron chi connectivity index (χ4n) is 3.76. The Labute approximate surface area is 158 Å². The summed E-state index contributed by atoms with van der Waals surface area (Å²) < 4.78 is 1.99. The third-order valence-electron chi connectivity index (χ3n) is 5.03. The lowest BCUT2D eigenvalue weighted by molar-refractivity contribution is 0.275. The minimum absolute atomic E-state index is 0. The van der Waals surface area contributed by atoms with Crippen molar-refractivity contribution in [1.82, 2.24) is 9.38 Å². The second-order valence-corrected chi connectivity index (χ2v) is 6.79. The first kappa shape index (κ1) is 18.1. The number of rotatable bonds is 2. The van der Waals surface area contributed by atoms with Gasteiger partial charge in [-0.15, -0.1) is 12.4 Å². The molecular formula is C19H21Cl2N3O. The summed E-state index contributed by atoms with van der Waals surface area (Å²) in [6, 6.07) is 10.6. The van der Waals surface area contributed by atoms with Crippen molar-refractivity contribution in [3.8, 4) is 0 Å². The molecular weight excluding hydrogens is 357 g/mol. The van der Waals surface area contributed by atoms with E-state index in [1.807, 2.05) is 29.7 Å². The van der Waals surface area contributed by atoms with Crippen LogP contribution in [-0.4, -0.2) is 21.0 Å². The van der Waals surface area contributed by atoms with Crippen LogP contribution in [-0.2, 0) is 13.0 Å². The summed E-state index contributed by atoms with van der Waals surface area (Å²) in [6.07, 6.45) is 2.93. The number of fused-ring (bicyclic) bond motifs is 2. The zero-order chi connectivity index (χ0) is 16.8. The summed E-state index contributed by atoms with van der Waals surface area (Å²) in [5.41, 5.74) is 6.38. The molecule has 1 atom stereocenters. The lowest BCUT2D eigenvalue weighted by atomic mass is 9.93. The second kappa shape index (κ2) is 6.87. The molecule has 0 aliphatic carbocycles. The highest BCUT2D eigenvalue weighted by atomic mass is 35.5. The van der Waals surface area contributed by atoms with Crippen molar-refractivity contribution in [2.24, 2.45) is 0 Å². The molecule has 0 amide bonds. The van der Waals surface area contributed by atoms with Crippen LogP contribution in [0.2, 0.25) is 5.02 Å². The zero-order valence-electron chi connectivity index (χ0n) is 14.2. The van der Waals surface area contributed by atoms with Crippen LogP contribution in [0.25, 0.3) is 5.65 Å². The highest BCUT2D eigenvalue weighted by molar-refractivity contribution is 6.30. The molecule has 1 aromatic carbocycles. The van der Waals surface area contributed by atoms with Crippen LogP contribution in [0.5, 0.6) is 0 Å². The van der Waals surface area contributed by atoms with Gasteiger partial charge in [-0.2, -0.15) is 0 Å². The highest BCUT2D eigenvalue weighted by Crippen LogP contribution is 2.36. The van der Waals surface area contributed by atoms with E-state index in [-0.39, 0.29) is 25.1 Å². The number of halogens is 2. The first-order valence-electron chi connectivity index (χ1n) is 8.22. The molecule has 3 heterocycles. The first-order chi connectivity index (χ1) is 11.6. The van der Waals surface area contributed by atoms with Crippen LogP contribution in [0.15, 0.2) is 36.5 Å². The van der Waals surface area contributed by atoms with E-state index in [4.69, 9.17) is 16.6 Å². The number of imidazole rings is 1. The molecule has 0 saturated heterocycles. The second-order valence-electron chi connectivity index (χ2n) is 6.35. The topological polar surface area (TPSA) is 40.8 Å². The van der Waals surface area contributed by atoms with E-state index in [1.54, 1.807) is 0 Å².